The molecule has 0 rings (SSSR count). The van der Waals surface area contributed by atoms with Gasteiger partial charge < -0.3 is 9.90 Å². The van der Waals surface area contributed by atoms with Gasteiger partial charge in [0.15, 0.2) is 0 Å². The van der Waals surface area contributed by atoms with Crippen molar-refractivity contribution in [3.05, 3.63) is 0 Å². The number of rotatable bonds is 3. The molecule has 6 heteroatoms. The van der Waals surface area contributed by atoms with Crippen molar-refractivity contribution in [3.8, 4) is 0 Å². The van der Waals surface area contributed by atoms with Crippen molar-refractivity contribution in [1.29, 1.82) is 0 Å². The molecule has 0 amide bonds. The van der Waals surface area contributed by atoms with Crippen LogP contribution in [0.15, 0.2) is 0 Å². The van der Waals surface area contributed by atoms with Gasteiger partial charge in [-0.15, -0.1) is 0 Å². The molecule has 0 aliphatic heterocycles. The van der Waals surface area contributed by atoms with Crippen LogP contribution in [0.3, 0.4) is 0 Å². The number of hydrogen-bond acceptors (Lipinski definition) is 3. The van der Waals surface area contributed by atoms with Crippen molar-refractivity contribution in [1.82, 2.24) is 0 Å². The minimum atomic E-state index is -4.35. The van der Waals surface area contributed by atoms with E-state index in [1.165, 1.54) is 13.8 Å². The van der Waals surface area contributed by atoms with Crippen LogP contribution in [0, 0.1) is 5.92 Å². The second-order valence-corrected chi connectivity index (χ2v) is 2.38. The second kappa shape index (κ2) is 5.38. The molecule has 0 atom stereocenters. The second-order valence-electron chi connectivity index (χ2n) is 2.38. The Morgan fingerprint density at radius 2 is 1.67 bits per heavy atom. The van der Waals surface area contributed by atoms with Crippen molar-refractivity contribution < 1.29 is 74.9 Å². The molecule has 0 aromatic carbocycles. The van der Waals surface area contributed by atoms with E-state index in [2.05, 4.69) is 0 Å². The average Bonchev–Trinajstić information content (AvgIpc) is 1.85. The number of hydrogen-bond donors (Lipinski definition) is 0. The third-order valence-electron chi connectivity index (χ3n) is 1.09. The molecule has 3 nitrogen and oxygen atoms in total. The number of carbonyl (C=O) groups excluding carboxylic acids is 2. The summed E-state index contributed by atoms with van der Waals surface area (Å²) in [6.07, 6.45) is 0. The van der Waals surface area contributed by atoms with Crippen LogP contribution in [-0.4, -0.2) is 17.7 Å². The van der Waals surface area contributed by atoms with Gasteiger partial charge in [-0.1, -0.05) is 13.8 Å². The van der Waals surface area contributed by atoms with Gasteiger partial charge in [-0.2, -0.15) is 8.78 Å². The first-order valence-corrected chi connectivity index (χ1v) is 2.93. The third-order valence-corrected chi connectivity index (χ3v) is 1.09. The van der Waals surface area contributed by atoms with E-state index in [-0.39, 0.29) is 51.4 Å². The maximum atomic E-state index is 12.2. The monoisotopic (exact) mass is 204 g/mol. The molecule has 0 aliphatic carbocycles. The van der Waals surface area contributed by atoms with E-state index in [1.54, 1.807) is 0 Å². The fraction of sp³-hybridized carbons (Fsp3) is 0.667. The Morgan fingerprint density at radius 3 is 1.75 bits per heavy atom. The van der Waals surface area contributed by atoms with Crippen LogP contribution in [0.5, 0.6) is 0 Å². The maximum Gasteiger partial charge on any atom is 1.00 e. The smallest absolute Gasteiger partial charge is 0.544 e. The van der Waals surface area contributed by atoms with E-state index in [0.29, 0.717) is 0 Å². The predicted molar refractivity (Wildman–Crippen MR) is 29.8 cm³/mol. The molecule has 0 heterocycles. The van der Waals surface area contributed by atoms with Crippen LogP contribution in [-0.2, 0) is 9.59 Å². The zero-order valence-electron chi connectivity index (χ0n) is 7.06. The van der Waals surface area contributed by atoms with Gasteiger partial charge in [-0.05, 0) is 0 Å². The minimum absolute atomic E-state index is 0. The predicted octanol–water partition coefficient (Wildman–Crippen LogP) is -3.40. The van der Waals surface area contributed by atoms with Gasteiger partial charge in [-0.3, -0.25) is 4.79 Å². The Hall–Kier alpha value is 0.636. The molecule has 0 saturated carbocycles. The van der Waals surface area contributed by atoms with Gasteiger partial charge >= 0.3 is 57.3 Å². The van der Waals surface area contributed by atoms with Crippen molar-refractivity contribution in [3.63, 3.8) is 0 Å². The summed E-state index contributed by atoms with van der Waals surface area (Å²) >= 11 is 0. The number of carbonyl (C=O) groups is 2. The Balaban J connectivity index is 0. The summed E-state index contributed by atoms with van der Waals surface area (Å²) in [4.78, 5) is 20.1. The Labute approximate surface area is 111 Å². The summed E-state index contributed by atoms with van der Waals surface area (Å²) in [6.45, 7) is 2.39. The molecular formula is C6H7F2KO3. The van der Waals surface area contributed by atoms with Gasteiger partial charge in [0.1, 0.15) is 5.97 Å². The fourth-order valence-electron chi connectivity index (χ4n) is 0.463. The van der Waals surface area contributed by atoms with Gasteiger partial charge in [0.25, 0.3) is 0 Å². The van der Waals surface area contributed by atoms with Gasteiger partial charge in [0.2, 0.25) is 5.78 Å². The Bertz CT molecular complexity index is 191. The average molecular weight is 204 g/mol. The van der Waals surface area contributed by atoms with E-state index in [1.807, 2.05) is 0 Å². The summed E-state index contributed by atoms with van der Waals surface area (Å²) in [5.74, 6) is -9.63. The van der Waals surface area contributed by atoms with Crippen molar-refractivity contribution >= 4 is 11.8 Å². The summed E-state index contributed by atoms with van der Waals surface area (Å²) in [5.41, 5.74) is 0. The maximum absolute atomic E-state index is 12.2. The normalized spacial score (nSPS) is 10.8. The molecule has 0 unspecified atom stereocenters. The number of halogens is 2. The quantitative estimate of drug-likeness (QED) is 0.356. The van der Waals surface area contributed by atoms with Crippen molar-refractivity contribution in [2.24, 2.45) is 5.92 Å². The first kappa shape index (κ1) is 15.1. The molecule has 0 spiro atoms. The van der Waals surface area contributed by atoms with E-state index in [9.17, 15) is 23.5 Å². The third kappa shape index (κ3) is 3.57. The number of Topliss-reactive ketones (excluding diaryl/α,β-unsaturated/α-hetero) is 1. The number of ketones is 1. The van der Waals surface area contributed by atoms with Crippen LogP contribution < -0.4 is 56.5 Å². The van der Waals surface area contributed by atoms with Crippen molar-refractivity contribution in [2.75, 3.05) is 0 Å². The number of carboxylic acid groups (broad SMARTS) is 1. The van der Waals surface area contributed by atoms with Crippen LogP contribution >= 0.6 is 0 Å². The van der Waals surface area contributed by atoms with Gasteiger partial charge in [0, 0.05) is 5.92 Å². The minimum Gasteiger partial charge on any atom is -0.544 e. The van der Waals surface area contributed by atoms with E-state index in [0.717, 1.165) is 0 Å². The molecule has 64 valence electrons. The topological polar surface area (TPSA) is 57.2 Å². The van der Waals surface area contributed by atoms with Crippen LogP contribution in [0.2, 0.25) is 0 Å². The zero-order valence-corrected chi connectivity index (χ0v) is 10.2. The molecule has 12 heavy (non-hydrogen) atoms. The van der Waals surface area contributed by atoms with Gasteiger partial charge in [-0.25, -0.2) is 0 Å². The molecule has 0 aliphatic rings. The van der Waals surface area contributed by atoms with E-state index in [4.69, 9.17) is 0 Å². The molecule has 0 aromatic heterocycles. The van der Waals surface area contributed by atoms with E-state index < -0.39 is 23.6 Å². The van der Waals surface area contributed by atoms with E-state index >= 15 is 0 Å². The number of alkyl halides is 2. The summed E-state index contributed by atoms with van der Waals surface area (Å²) in [6, 6.07) is 0. The van der Waals surface area contributed by atoms with Gasteiger partial charge in [0.05, 0.1) is 0 Å². The van der Waals surface area contributed by atoms with Crippen LogP contribution in [0.25, 0.3) is 0 Å². The first-order chi connectivity index (χ1) is 4.80. The molecule has 0 fully saturated rings. The number of aliphatic carboxylic acids is 1. The van der Waals surface area contributed by atoms with Crippen molar-refractivity contribution in [2.45, 2.75) is 19.8 Å². The molecule has 0 radical (unpaired) electrons. The fourth-order valence-corrected chi connectivity index (χ4v) is 0.463. The summed E-state index contributed by atoms with van der Waals surface area (Å²) < 4.78 is 24.4. The number of carboxylic acids is 1. The van der Waals surface area contributed by atoms with Crippen LogP contribution in [0.1, 0.15) is 13.8 Å². The SMILES string of the molecule is CC(C)C(=O)C(F)(F)C(=O)[O-].[K+]. The molecule has 0 N–H and O–H groups in total. The first-order valence-electron chi connectivity index (χ1n) is 2.93. The summed E-state index contributed by atoms with van der Waals surface area (Å²) in [7, 11) is 0. The standard InChI is InChI=1S/C6H8F2O3.K/c1-3(2)4(9)6(7,8)5(10)11;/h3H,1-2H3,(H,10,11);/q;+1/p-1. The Morgan fingerprint density at radius 1 is 1.33 bits per heavy atom. The molecule has 0 saturated heterocycles. The molecule has 0 bridgehead atoms. The van der Waals surface area contributed by atoms with Crippen LogP contribution in [0.4, 0.5) is 8.78 Å². The zero-order chi connectivity index (χ0) is 9.23. The summed E-state index contributed by atoms with van der Waals surface area (Å²) in [5, 5.41) is 9.68. The molecule has 0 aromatic rings. The molecular weight excluding hydrogens is 197 g/mol. The Kier molecular flexibility index (Phi) is 6.79. The largest absolute Gasteiger partial charge is 1.00 e.